The van der Waals surface area contributed by atoms with E-state index in [2.05, 4.69) is 9.26 Å². The van der Waals surface area contributed by atoms with Crippen LogP contribution in [0.1, 0.15) is 6.92 Å². The molecule has 11 heteroatoms. The third-order valence-corrected chi connectivity index (χ3v) is 1.72. The summed E-state index contributed by atoms with van der Waals surface area (Å²) in [6, 6.07) is 0. The van der Waals surface area contributed by atoms with E-state index in [9.17, 15) is 26.3 Å². The van der Waals surface area contributed by atoms with Crippen molar-refractivity contribution < 1.29 is 45.4 Å². The molecule has 0 fully saturated rings. The van der Waals surface area contributed by atoms with Crippen LogP contribution in [0.5, 0.6) is 0 Å². The zero-order valence-electron chi connectivity index (χ0n) is 7.63. The third kappa shape index (κ3) is 3.17. The Kier molecular flexibility index (Phi) is 4.96. The fourth-order valence-electron chi connectivity index (χ4n) is 0.772. The Morgan fingerprint density at radius 2 is 1.38 bits per heavy atom. The van der Waals surface area contributed by atoms with Crippen LogP contribution >= 0.6 is 8.60 Å². The normalized spacial score (nSPS) is 14.6. The maximum absolute atomic E-state index is 12.2. The van der Waals surface area contributed by atoms with E-state index in [0.29, 0.717) is 0 Å². The molecule has 0 saturated heterocycles. The van der Waals surface area contributed by atoms with Gasteiger partial charge in [-0.3, -0.25) is 4.52 Å². The van der Waals surface area contributed by atoms with Crippen molar-refractivity contribution in [3.05, 3.63) is 0 Å². The van der Waals surface area contributed by atoms with Gasteiger partial charge in [0, 0.05) is 6.61 Å². The van der Waals surface area contributed by atoms with Crippen molar-refractivity contribution in [2.45, 2.75) is 25.1 Å². The topological polar surface area (TPSA) is 58.9 Å². The van der Waals surface area contributed by atoms with E-state index in [4.69, 9.17) is 9.79 Å². The Morgan fingerprint density at radius 1 is 1.00 bits per heavy atom. The second-order valence-corrected chi connectivity index (χ2v) is 3.08. The molecule has 0 aliphatic rings. The lowest BCUT2D eigenvalue weighted by Gasteiger charge is -2.35. The maximum Gasteiger partial charge on any atom is 0.453 e. The number of ether oxygens (including phenoxy) is 1. The first kappa shape index (κ1) is 15.9. The molecule has 0 unspecified atom stereocenters. The monoisotopic (exact) mass is 276 g/mol. The van der Waals surface area contributed by atoms with Gasteiger partial charge in [0.15, 0.2) is 0 Å². The molecule has 0 spiro atoms. The van der Waals surface area contributed by atoms with E-state index in [1.807, 2.05) is 0 Å². The number of alkyl halides is 6. The van der Waals surface area contributed by atoms with Crippen molar-refractivity contribution in [2.75, 3.05) is 6.61 Å². The quantitative estimate of drug-likeness (QED) is 0.469. The summed E-state index contributed by atoms with van der Waals surface area (Å²) in [6.45, 7) is -0.116. The molecule has 0 amide bonds. The fraction of sp³-hybridized carbons (Fsp3) is 1.00. The van der Waals surface area contributed by atoms with Crippen LogP contribution in [0.25, 0.3) is 0 Å². The Bertz CT molecular complexity index is 212. The van der Waals surface area contributed by atoms with Crippen molar-refractivity contribution in [1.82, 2.24) is 0 Å². The summed E-state index contributed by atoms with van der Waals surface area (Å²) in [6.07, 6.45) is -12.0. The minimum Gasteiger partial charge on any atom is -0.336 e. The number of rotatable bonds is 4. The number of hydrogen-bond acceptors (Lipinski definition) is 4. The van der Waals surface area contributed by atoms with Gasteiger partial charge in [-0.1, -0.05) is 0 Å². The molecule has 0 rings (SSSR count). The van der Waals surface area contributed by atoms with Gasteiger partial charge in [-0.15, -0.1) is 0 Å². The SMILES string of the molecule is CCOC(OP(O)O)(C(F)(F)F)C(F)(F)F. The van der Waals surface area contributed by atoms with E-state index in [1.165, 1.54) is 0 Å². The van der Waals surface area contributed by atoms with Crippen LogP contribution < -0.4 is 0 Å². The van der Waals surface area contributed by atoms with Crippen LogP contribution in [0, 0.1) is 0 Å². The summed E-state index contributed by atoms with van der Waals surface area (Å²) in [5.41, 5.74) is 0. The predicted octanol–water partition coefficient (Wildman–Crippen LogP) is 2.07. The molecular weight excluding hydrogens is 269 g/mol. The van der Waals surface area contributed by atoms with Gasteiger partial charge in [0.25, 0.3) is 0 Å². The van der Waals surface area contributed by atoms with Gasteiger partial charge in [-0.2, -0.15) is 26.3 Å². The molecule has 0 radical (unpaired) electrons. The standard InChI is InChI=1S/C5H7F6O4P/c1-2-14-3(4(6,7)8,5(9,10)11)15-16(12)13/h12-13H,2H2,1H3. The first-order chi connectivity index (χ1) is 6.98. The molecule has 0 heterocycles. The molecule has 0 aromatic carbocycles. The first-order valence-electron chi connectivity index (χ1n) is 3.62. The molecule has 0 aliphatic heterocycles. The molecular formula is C5H7F6O4P. The van der Waals surface area contributed by atoms with Gasteiger partial charge in [0.05, 0.1) is 0 Å². The molecule has 0 saturated carbocycles. The lowest BCUT2D eigenvalue weighted by Crippen LogP contribution is -2.59. The second kappa shape index (κ2) is 5.01. The molecule has 98 valence electrons. The van der Waals surface area contributed by atoms with Crippen LogP contribution in [0.4, 0.5) is 26.3 Å². The highest BCUT2D eigenvalue weighted by molar-refractivity contribution is 7.39. The summed E-state index contributed by atoms with van der Waals surface area (Å²) >= 11 is 0. The molecule has 0 aromatic heterocycles. The minimum atomic E-state index is -5.99. The summed E-state index contributed by atoms with van der Waals surface area (Å²) in [7, 11) is -3.89. The van der Waals surface area contributed by atoms with Gasteiger partial charge in [-0.25, -0.2) is 0 Å². The molecule has 0 aromatic rings. The van der Waals surface area contributed by atoms with E-state index >= 15 is 0 Å². The smallest absolute Gasteiger partial charge is 0.336 e. The Hall–Kier alpha value is -0.150. The molecule has 2 N–H and O–H groups in total. The summed E-state index contributed by atoms with van der Waals surface area (Å²) in [5, 5.41) is 0. The number of halogens is 6. The van der Waals surface area contributed by atoms with Crippen molar-refractivity contribution >= 4 is 8.60 Å². The minimum absolute atomic E-state index is 0.868. The molecule has 0 atom stereocenters. The highest BCUT2D eigenvalue weighted by atomic mass is 31.2. The van der Waals surface area contributed by atoms with Crippen LogP contribution in [0.3, 0.4) is 0 Å². The highest BCUT2D eigenvalue weighted by Gasteiger charge is 2.75. The average molecular weight is 276 g/mol. The van der Waals surface area contributed by atoms with Crippen LogP contribution in [0.2, 0.25) is 0 Å². The summed E-state index contributed by atoms with van der Waals surface area (Å²) in [5.74, 6) is -5.02. The van der Waals surface area contributed by atoms with E-state index in [1.54, 1.807) is 0 Å². The van der Waals surface area contributed by atoms with Crippen molar-refractivity contribution in [3.8, 4) is 0 Å². The number of hydrogen-bond donors (Lipinski definition) is 2. The Morgan fingerprint density at radius 3 is 1.56 bits per heavy atom. The molecule has 0 aliphatic carbocycles. The van der Waals surface area contributed by atoms with Gasteiger partial charge in [0.1, 0.15) is 0 Å². The van der Waals surface area contributed by atoms with Gasteiger partial charge in [0.2, 0.25) is 0 Å². The highest BCUT2D eigenvalue weighted by Crippen LogP contribution is 2.51. The Labute approximate surface area is 86.8 Å². The van der Waals surface area contributed by atoms with Crippen LogP contribution in [-0.4, -0.2) is 34.5 Å². The van der Waals surface area contributed by atoms with Crippen LogP contribution in [-0.2, 0) is 9.26 Å². The maximum atomic E-state index is 12.2. The first-order valence-corrected chi connectivity index (χ1v) is 4.79. The van der Waals surface area contributed by atoms with Gasteiger partial charge < -0.3 is 14.5 Å². The lowest BCUT2D eigenvalue weighted by atomic mass is 10.2. The molecule has 0 bridgehead atoms. The van der Waals surface area contributed by atoms with Gasteiger partial charge in [-0.05, 0) is 6.92 Å². The predicted molar refractivity (Wildman–Crippen MR) is 38.9 cm³/mol. The van der Waals surface area contributed by atoms with E-state index < -0.39 is 33.3 Å². The summed E-state index contributed by atoms with van der Waals surface area (Å²) < 4.78 is 80.0. The van der Waals surface area contributed by atoms with Crippen molar-refractivity contribution in [2.24, 2.45) is 0 Å². The third-order valence-electron chi connectivity index (χ3n) is 1.30. The van der Waals surface area contributed by atoms with Crippen molar-refractivity contribution in [3.63, 3.8) is 0 Å². The molecule has 4 nitrogen and oxygen atoms in total. The van der Waals surface area contributed by atoms with E-state index in [0.717, 1.165) is 6.92 Å². The zero-order valence-corrected chi connectivity index (χ0v) is 8.53. The summed E-state index contributed by atoms with van der Waals surface area (Å²) in [4.78, 5) is 16.3. The molecule has 16 heavy (non-hydrogen) atoms. The largest absolute Gasteiger partial charge is 0.453 e. The second-order valence-electron chi connectivity index (χ2n) is 2.39. The van der Waals surface area contributed by atoms with Crippen molar-refractivity contribution in [1.29, 1.82) is 0 Å². The Balaban J connectivity index is 5.41. The zero-order chi connectivity index (χ0) is 13.2. The van der Waals surface area contributed by atoms with Crippen LogP contribution in [0.15, 0.2) is 0 Å². The average Bonchev–Trinajstić information content (AvgIpc) is 1.98. The lowest BCUT2D eigenvalue weighted by molar-refractivity contribution is -0.446. The van der Waals surface area contributed by atoms with Gasteiger partial charge >= 0.3 is 26.7 Å². The van der Waals surface area contributed by atoms with E-state index in [-0.39, 0.29) is 0 Å². The fourth-order valence-corrected chi connectivity index (χ4v) is 1.26.